The molecule has 0 N–H and O–H groups in total. The van der Waals surface area contributed by atoms with Crippen LogP contribution in [0.1, 0.15) is 20.8 Å². The molecule has 1 heterocycles. The zero-order chi connectivity index (χ0) is 24.6. The van der Waals surface area contributed by atoms with Crippen molar-refractivity contribution in [1.29, 1.82) is 0 Å². The molecule has 0 aromatic rings. The molecule has 3 unspecified atom stereocenters. The fourth-order valence-electron chi connectivity index (χ4n) is 2.70. The van der Waals surface area contributed by atoms with E-state index in [4.69, 9.17) is 0 Å². The van der Waals surface area contributed by atoms with Gasteiger partial charge in [0.15, 0.2) is 5.60 Å². The van der Waals surface area contributed by atoms with Crippen LogP contribution < -0.4 is 0 Å². The van der Waals surface area contributed by atoms with Crippen LogP contribution in [0.2, 0.25) is 0 Å². The first-order chi connectivity index (χ1) is 13.7. The highest BCUT2D eigenvalue weighted by Crippen LogP contribution is 2.57. The van der Waals surface area contributed by atoms with E-state index in [0.717, 1.165) is 0 Å². The number of alkyl halides is 8. The summed E-state index contributed by atoms with van der Waals surface area (Å²) in [7, 11) is 0. The van der Waals surface area contributed by atoms with Crippen LogP contribution in [0.5, 0.6) is 0 Å². The van der Waals surface area contributed by atoms with Gasteiger partial charge in [0, 0.05) is 13.8 Å². The molecule has 178 valence electrons. The molecule has 1 saturated heterocycles. The molecule has 0 amide bonds. The zero-order valence-corrected chi connectivity index (χ0v) is 16.1. The minimum absolute atomic E-state index is 0.304. The Kier molecular flexibility index (Phi) is 7.07. The third-order valence-corrected chi connectivity index (χ3v) is 4.32. The number of carbonyl (C=O) groups is 3. The molecule has 0 aliphatic carbocycles. The van der Waals surface area contributed by atoms with Gasteiger partial charge in [-0.25, -0.2) is 4.79 Å². The fourth-order valence-corrected chi connectivity index (χ4v) is 2.70. The number of carbonyl (C=O) groups excluding carboxylic acids is 3. The lowest BCUT2D eigenvalue weighted by Gasteiger charge is -2.53. The van der Waals surface area contributed by atoms with E-state index in [2.05, 4.69) is 25.5 Å². The number of rotatable bonds is 5. The van der Waals surface area contributed by atoms with Crippen LogP contribution in [-0.2, 0) is 33.3 Å². The van der Waals surface area contributed by atoms with E-state index in [1.807, 2.05) is 0 Å². The number of halogens is 8. The molecule has 0 aromatic heterocycles. The van der Waals surface area contributed by atoms with Gasteiger partial charge in [0.1, 0.15) is 12.2 Å². The highest BCUT2D eigenvalue weighted by Gasteiger charge is 2.84. The van der Waals surface area contributed by atoms with Crippen molar-refractivity contribution in [3.05, 3.63) is 12.2 Å². The number of esters is 3. The summed E-state index contributed by atoms with van der Waals surface area (Å²) in [5.41, 5.74) is -5.52. The Morgan fingerprint density at radius 2 is 1.52 bits per heavy atom. The third-order valence-electron chi connectivity index (χ3n) is 4.32. The first-order valence-corrected chi connectivity index (χ1v) is 8.14. The van der Waals surface area contributed by atoms with Crippen LogP contribution in [-0.4, -0.2) is 60.8 Å². The van der Waals surface area contributed by atoms with Crippen LogP contribution in [0, 0.1) is 5.92 Å². The minimum Gasteiger partial charge on any atom is -0.462 e. The Morgan fingerprint density at radius 3 is 1.90 bits per heavy atom. The summed E-state index contributed by atoms with van der Waals surface area (Å²) in [5.74, 6) is -17.8. The third kappa shape index (κ3) is 4.75. The van der Waals surface area contributed by atoms with Crippen molar-refractivity contribution in [2.45, 2.75) is 50.4 Å². The van der Waals surface area contributed by atoms with Crippen LogP contribution in [0.3, 0.4) is 0 Å². The summed E-state index contributed by atoms with van der Waals surface area (Å²) in [6.45, 7) is 0.861. The van der Waals surface area contributed by atoms with E-state index in [1.54, 1.807) is 0 Å². The van der Waals surface area contributed by atoms with Crippen LogP contribution >= 0.6 is 0 Å². The first-order valence-electron chi connectivity index (χ1n) is 8.14. The van der Waals surface area contributed by atoms with Gasteiger partial charge >= 0.3 is 42.0 Å². The van der Waals surface area contributed by atoms with Crippen molar-refractivity contribution in [2.75, 3.05) is 13.2 Å². The molecule has 1 rings (SSSR count). The lowest BCUT2D eigenvalue weighted by Crippen LogP contribution is -2.77. The highest BCUT2D eigenvalue weighted by atomic mass is 19.4. The average molecular weight is 472 g/mol. The SMILES string of the molecule is C=C(C(=O)OCC1COC(OC(C)=O)(C(F)(F)F)C(F)(F)C1(C)OC(C)=O)C(F)(F)F. The molecule has 1 fully saturated rings. The Morgan fingerprint density at radius 1 is 1.03 bits per heavy atom. The van der Waals surface area contributed by atoms with Crippen LogP contribution in [0.25, 0.3) is 0 Å². The Labute approximate surface area is 169 Å². The minimum atomic E-state index is -6.05. The van der Waals surface area contributed by atoms with E-state index >= 15 is 8.78 Å². The topological polar surface area (TPSA) is 88.1 Å². The van der Waals surface area contributed by atoms with E-state index in [0.29, 0.717) is 20.8 Å². The van der Waals surface area contributed by atoms with Crippen molar-refractivity contribution in [3.8, 4) is 0 Å². The largest absolute Gasteiger partial charge is 0.462 e. The normalized spacial score (nSPS) is 28.4. The molecule has 0 radical (unpaired) electrons. The summed E-state index contributed by atoms with van der Waals surface area (Å²) in [6, 6.07) is 0. The summed E-state index contributed by atoms with van der Waals surface area (Å²) >= 11 is 0. The molecule has 0 bridgehead atoms. The van der Waals surface area contributed by atoms with Gasteiger partial charge in [-0.3, -0.25) is 9.59 Å². The Balaban J connectivity index is 3.41. The summed E-state index contributed by atoms with van der Waals surface area (Å²) in [6.07, 6.45) is -11.3. The summed E-state index contributed by atoms with van der Waals surface area (Å²) < 4.78 is 125. The highest BCUT2D eigenvalue weighted by molar-refractivity contribution is 5.89. The molecule has 0 spiro atoms. The zero-order valence-electron chi connectivity index (χ0n) is 16.1. The van der Waals surface area contributed by atoms with E-state index < -0.39 is 72.3 Å². The predicted octanol–water partition coefficient (Wildman–Crippen LogP) is 3.07. The molecule has 1 aliphatic rings. The quantitative estimate of drug-likeness (QED) is 0.263. The van der Waals surface area contributed by atoms with Crippen LogP contribution in [0.4, 0.5) is 35.1 Å². The van der Waals surface area contributed by atoms with Crippen molar-refractivity contribution in [3.63, 3.8) is 0 Å². The molecule has 0 saturated carbocycles. The second-order valence-corrected chi connectivity index (χ2v) is 6.57. The standard InChI is InChI=1S/C16H16F8O7/c1-7(13(17,18)19)11(27)28-5-10-6-29-15(16(22,23)24,31-9(3)26)14(20,21)12(10,4)30-8(2)25/h10H,1,5-6H2,2-4H3. The lowest BCUT2D eigenvalue weighted by atomic mass is 9.77. The van der Waals surface area contributed by atoms with E-state index in [9.17, 15) is 40.7 Å². The lowest BCUT2D eigenvalue weighted by molar-refractivity contribution is -0.476. The fraction of sp³-hybridized carbons (Fsp3) is 0.688. The molecule has 3 atom stereocenters. The maximum atomic E-state index is 15.2. The Hall–Kier alpha value is -2.45. The smallest absolute Gasteiger partial charge is 0.462 e. The first kappa shape index (κ1) is 26.6. The summed E-state index contributed by atoms with van der Waals surface area (Å²) in [5, 5.41) is 0. The van der Waals surface area contributed by atoms with E-state index in [1.165, 1.54) is 0 Å². The molecule has 15 heteroatoms. The molecule has 31 heavy (non-hydrogen) atoms. The van der Waals surface area contributed by atoms with E-state index in [-0.39, 0.29) is 0 Å². The molecule has 0 aromatic carbocycles. The molecule has 1 aliphatic heterocycles. The maximum Gasteiger partial charge on any atom is 0.462 e. The molecule has 7 nitrogen and oxygen atoms in total. The summed E-state index contributed by atoms with van der Waals surface area (Å²) in [4.78, 5) is 33.9. The van der Waals surface area contributed by atoms with Gasteiger partial charge in [-0.1, -0.05) is 6.58 Å². The van der Waals surface area contributed by atoms with Gasteiger partial charge in [0.2, 0.25) is 0 Å². The van der Waals surface area contributed by atoms with Gasteiger partial charge in [-0.05, 0) is 6.92 Å². The molecular weight excluding hydrogens is 456 g/mol. The monoisotopic (exact) mass is 472 g/mol. The van der Waals surface area contributed by atoms with Crippen molar-refractivity contribution < 1.29 is 68.5 Å². The van der Waals surface area contributed by atoms with Crippen molar-refractivity contribution >= 4 is 17.9 Å². The number of hydrogen-bond donors (Lipinski definition) is 0. The van der Waals surface area contributed by atoms with Gasteiger partial charge in [-0.2, -0.15) is 35.1 Å². The van der Waals surface area contributed by atoms with Gasteiger partial charge in [0.05, 0.1) is 12.5 Å². The second-order valence-electron chi connectivity index (χ2n) is 6.57. The number of ether oxygens (including phenoxy) is 4. The van der Waals surface area contributed by atoms with Gasteiger partial charge in [-0.15, -0.1) is 0 Å². The second kappa shape index (κ2) is 8.24. The van der Waals surface area contributed by atoms with Crippen LogP contribution in [0.15, 0.2) is 12.2 Å². The molecular formula is C16H16F8O7. The van der Waals surface area contributed by atoms with Crippen molar-refractivity contribution in [2.24, 2.45) is 5.92 Å². The van der Waals surface area contributed by atoms with Crippen molar-refractivity contribution in [1.82, 2.24) is 0 Å². The van der Waals surface area contributed by atoms with Gasteiger partial charge < -0.3 is 18.9 Å². The Bertz CT molecular complexity index is 760. The maximum absolute atomic E-state index is 15.2. The average Bonchev–Trinajstić information content (AvgIpc) is 2.55. The number of hydrogen-bond acceptors (Lipinski definition) is 7. The van der Waals surface area contributed by atoms with Gasteiger partial charge in [0.25, 0.3) is 0 Å². The predicted molar refractivity (Wildman–Crippen MR) is 81.3 cm³/mol.